The molecule has 1 saturated heterocycles. The Hall–Kier alpha value is -2.75. The van der Waals surface area contributed by atoms with E-state index in [1.54, 1.807) is 30.3 Å². The van der Waals surface area contributed by atoms with Gasteiger partial charge in [-0.25, -0.2) is 13.2 Å². The molecule has 0 aromatic heterocycles. The van der Waals surface area contributed by atoms with E-state index < -0.39 is 34.5 Å². The quantitative estimate of drug-likeness (QED) is 0.443. The summed E-state index contributed by atoms with van der Waals surface area (Å²) in [5.41, 5.74) is 0.338. The van der Waals surface area contributed by atoms with Gasteiger partial charge < -0.3 is 9.47 Å². The lowest BCUT2D eigenvalue weighted by Crippen LogP contribution is -2.41. The molecule has 3 rings (SSSR count). The molecule has 0 saturated carbocycles. The summed E-state index contributed by atoms with van der Waals surface area (Å²) in [4.78, 5) is 36.3. The van der Waals surface area contributed by atoms with Crippen LogP contribution in [0.25, 0.3) is 0 Å². The fraction of sp³-hybridized carbons (Fsp3) is 0.318. The van der Waals surface area contributed by atoms with Crippen molar-refractivity contribution in [3.05, 3.63) is 64.7 Å². The highest BCUT2D eigenvalue weighted by atomic mass is 35.5. The van der Waals surface area contributed by atoms with Crippen molar-refractivity contribution in [2.24, 2.45) is 5.92 Å². The van der Waals surface area contributed by atoms with Gasteiger partial charge in [-0.15, -0.1) is 0 Å². The zero-order chi connectivity index (χ0) is 23.3. The number of nitrogens with zero attached hydrogens (tertiary/aromatic N) is 1. The lowest BCUT2D eigenvalue weighted by molar-refractivity contribution is -0.148. The van der Waals surface area contributed by atoms with Crippen LogP contribution in [0.1, 0.15) is 33.6 Å². The molecule has 8 nitrogen and oxygen atoms in total. The third kappa shape index (κ3) is 5.35. The number of carbonyl (C=O) groups is 3. The van der Waals surface area contributed by atoms with E-state index in [9.17, 15) is 22.8 Å². The van der Waals surface area contributed by atoms with Gasteiger partial charge >= 0.3 is 11.9 Å². The topological polar surface area (TPSA) is 107 Å². The molecule has 0 radical (unpaired) electrons. The molecule has 0 bridgehead atoms. The summed E-state index contributed by atoms with van der Waals surface area (Å²) in [5, 5.41) is 0.495. The van der Waals surface area contributed by atoms with Gasteiger partial charge in [0.2, 0.25) is 10.0 Å². The van der Waals surface area contributed by atoms with Gasteiger partial charge in [-0.2, -0.15) is 4.31 Å². The molecule has 1 aliphatic heterocycles. The average Bonchev–Trinajstić information content (AvgIpc) is 2.82. The fourth-order valence-corrected chi connectivity index (χ4v) is 5.19. The molecule has 0 amide bonds. The molecule has 0 atom stereocenters. The first-order chi connectivity index (χ1) is 15.2. The molecule has 1 aliphatic rings. The smallest absolute Gasteiger partial charge is 0.339 e. The van der Waals surface area contributed by atoms with E-state index in [0.29, 0.717) is 10.6 Å². The number of hydrogen-bond donors (Lipinski definition) is 0. The van der Waals surface area contributed by atoms with E-state index in [1.807, 2.05) is 0 Å². The molecule has 2 aromatic carbocycles. The lowest BCUT2D eigenvalue weighted by Gasteiger charge is -2.30. The van der Waals surface area contributed by atoms with E-state index in [-0.39, 0.29) is 42.2 Å². The maximum atomic E-state index is 13.0. The SMILES string of the molecule is COC(=O)c1ccccc1S(=O)(=O)N1CCC(C(=O)OCC(=O)c2ccc(Cl)cc2)CC1. The highest BCUT2D eigenvalue weighted by Gasteiger charge is 2.35. The summed E-state index contributed by atoms with van der Waals surface area (Å²) in [6.45, 7) is -0.225. The summed E-state index contributed by atoms with van der Waals surface area (Å²) in [5.74, 6) is -2.16. The van der Waals surface area contributed by atoms with E-state index >= 15 is 0 Å². The monoisotopic (exact) mass is 479 g/mol. The van der Waals surface area contributed by atoms with Gasteiger partial charge in [-0.3, -0.25) is 9.59 Å². The van der Waals surface area contributed by atoms with Gasteiger partial charge in [0.15, 0.2) is 12.4 Å². The number of halogens is 1. The first-order valence-electron chi connectivity index (χ1n) is 9.87. The van der Waals surface area contributed by atoms with Gasteiger partial charge in [0.05, 0.1) is 23.5 Å². The molecule has 10 heteroatoms. The van der Waals surface area contributed by atoms with Crippen LogP contribution in [0.2, 0.25) is 5.02 Å². The number of methoxy groups -OCH3 is 1. The number of piperidine rings is 1. The van der Waals surface area contributed by atoms with Crippen LogP contribution in [0.4, 0.5) is 0 Å². The van der Waals surface area contributed by atoms with Crippen LogP contribution in [-0.2, 0) is 24.3 Å². The van der Waals surface area contributed by atoms with Crippen molar-refractivity contribution in [1.82, 2.24) is 4.31 Å². The molecular weight excluding hydrogens is 458 g/mol. The van der Waals surface area contributed by atoms with Gasteiger partial charge in [-0.05, 0) is 49.2 Å². The van der Waals surface area contributed by atoms with Gasteiger partial charge in [0.1, 0.15) is 0 Å². The number of esters is 2. The minimum absolute atomic E-state index is 0.0442. The maximum Gasteiger partial charge on any atom is 0.339 e. The van der Waals surface area contributed by atoms with Crippen LogP contribution in [0, 0.1) is 5.92 Å². The molecule has 0 unspecified atom stereocenters. The Labute approximate surface area is 191 Å². The second kappa shape index (κ2) is 10.2. The number of ketones is 1. The fourth-order valence-electron chi connectivity index (χ4n) is 3.41. The van der Waals surface area contributed by atoms with Gasteiger partial charge in [0.25, 0.3) is 0 Å². The Bertz CT molecular complexity index is 1110. The van der Waals surface area contributed by atoms with Crippen molar-refractivity contribution in [3.8, 4) is 0 Å². The highest BCUT2D eigenvalue weighted by Crippen LogP contribution is 2.27. The normalized spacial score (nSPS) is 15.2. The second-order valence-electron chi connectivity index (χ2n) is 7.20. The minimum Gasteiger partial charge on any atom is -0.465 e. The molecule has 2 aromatic rings. The van der Waals surface area contributed by atoms with E-state index in [4.69, 9.17) is 16.3 Å². The van der Waals surface area contributed by atoms with E-state index in [0.717, 1.165) is 0 Å². The Kier molecular flexibility index (Phi) is 7.65. The molecule has 170 valence electrons. The number of benzene rings is 2. The molecule has 0 spiro atoms. The summed E-state index contributed by atoms with van der Waals surface area (Å²) in [6.07, 6.45) is 0.487. The number of sulfonamides is 1. The van der Waals surface area contributed by atoms with Crippen LogP contribution in [0.15, 0.2) is 53.4 Å². The van der Waals surface area contributed by atoms with Gasteiger partial charge in [-0.1, -0.05) is 23.7 Å². The molecule has 1 fully saturated rings. The largest absolute Gasteiger partial charge is 0.465 e. The third-order valence-electron chi connectivity index (χ3n) is 5.21. The van der Waals surface area contributed by atoms with Crippen LogP contribution < -0.4 is 0 Å². The molecule has 0 N–H and O–H groups in total. The van der Waals surface area contributed by atoms with Crippen molar-refractivity contribution in [3.63, 3.8) is 0 Å². The third-order valence-corrected chi connectivity index (χ3v) is 7.42. The molecule has 1 heterocycles. The maximum absolute atomic E-state index is 13.0. The van der Waals surface area contributed by atoms with E-state index in [1.165, 1.54) is 29.6 Å². The Morgan fingerprint density at radius 3 is 2.28 bits per heavy atom. The number of carbonyl (C=O) groups excluding carboxylic acids is 3. The average molecular weight is 480 g/mol. The predicted molar refractivity (Wildman–Crippen MR) is 116 cm³/mol. The van der Waals surface area contributed by atoms with Crippen LogP contribution in [0.3, 0.4) is 0 Å². The second-order valence-corrected chi connectivity index (χ2v) is 9.55. The zero-order valence-corrected chi connectivity index (χ0v) is 18.9. The van der Waals surface area contributed by atoms with Crippen molar-refractivity contribution < 1.29 is 32.3 Å². The van der Waals surface area contributed by atoms with Crippen molar-refractivity contribution in [1.29, 1.82) is 0 Å². The predicted octanol–water partition coefficient (Wildman–Crippen LogP) is 2.95. The standard InChI is InChI=1S/C22H22ClNO7S/c1-30-22(27)18-4-2-3-5-20(18)32(28,29)24-12-10-16(11-13-24)21(26)31-14-19(25)15-6-8-17(23)9-7-15/h2-9,16H,10-14H2,1H3. The van der Waals surface area contributed by atoms with Gasteiger partial charge in [0, 0.05) is 23.7 Å². The number of Topliss-reactive ketones (excluding diaryl/α,β-unsaturated/α-hetero) is 1. The van der Waals surface area contributed by atoms with E-state index in [2.05, 4.69) is 4.74 Å². The molecular formula is C22H22ClNO7S. The first kappa shape index (κ1) is 23.9. The number of hydrogen-bond acceptors (Lipinski definition) is 7. The number of rotatable bonds is 7. The summed E-state index contributed by atoms with van der Waals surface area (Å²) < 4.78 is 37.2. The highest BCUT2D eigenvalue weighted by molar-refractivity contribution is 7.89. The molecule has 0 aliphatic carbocycles. The summed E-state index contributed by atoms with van der Waals surface area (Å²) in [6, 6.07) is 12.1. The van der Waals surface area contributed by atoms with Crippen LogP contribution in [-0.4, -0.2) is 57.3 Å². The van der Waals surface area contributed by atoms with Crippen molar-refractivity contribution in [2.45, 2.75) is 17.7 Å². The Morgan fingerprint density at radius 1 is 1.03 bits per heavy atom. The van der Waals surface area contributed by atoms with Crippen molar-refractivity contribution >= 4 is 39.3 Å². The molecule has 32 heavy (non-hydrogen) atoms. The van der Waals surface area contributed by atoms with Crippen LogP contribution >= 0.6 is 11.6 Å². The minimum atomic E-state index is -3.95. The van der Waals surface area contributed by atoms with Crippen molar-refractivity contribution in [2.75, 3.05) is 26.8 Å². The zero-order valence-electron chi connectivity index (χ0n) is 17.3. The lowest BCUT2D eigenvalue weighted by atomic mass is 9.98. The van der Waals surface area contributed by atoms with Crippen LogP contribution in [0.5, 0.6) is 0 Å². The first-order valence-corrected chi connectivity index (χ1v) is 11.7. The summed E-state index contributed by atoms with van der Waals surface area (Å²) >= 11 is 5.79. The number of ether oxygens (including phenoxy) is 2. The summed E-state index contributed by atoms with van der Waals surface area (Å²) in [7, 11) is -2.77. The Balaban J connectivity index is 1.59. The Morgan fingerprint density at radius 2 is 1.66 bits per heavy atom.